The van der Waals surface area contributed by atoms with Gasteiger partial charge in [0.15, 0.2) is 6.61 Å². The van der Waals surface area contributed by atoms with Crippen molar-refractivity contribution in [3.05, 3.63) is 70.5 Å². The molecule has 1 N–H and O–H groups in total. The predicted molar refractivity (Wildman–Crippen MR) is 104 cm³/mol. The summed E-state index contributed by atoms with van der Waals surface area (Å²) < 4.78 is 24.6. The number of esters is 1. The lowest BCUT2D eigenvalue weighted by atomic mass is 10.1. The van der Waals surface area contributed by atoms with E-state index in [1.807, 2.05) is 24.3 Å². The number of rotatable bonds is 5. The lowest BCUT2D eigenvalue weighted by Crippen LogP contribution is -2.21. The van der Waals surface area contributed by atoms with E-state index in [9.17, 15) is 14.0 Å². The first kappa shape index (κ1) is 18.8. The minimum atomic E-state index is -0.705. The van der Waals surface area contributed by atoms with E-state index in [1.54, 1.807) is 18.2 Å². The van der Waals surface area contributed by atoms with Gasteiger partial charge in [0.2, 0.25) is 0 Å². The number of carbonyl (C=O) groups excluding carboxylic acids is 2. The Bertz CT molecular complexity index is 1020. The summed E-state index contributed by atoms with van der Waals surface area (Å²) in [7, 11) is 1.45. The Morgan fingerprint density at radius 1 is 1.07 bits per heavy atom. The van der Waals surface area contributed by atoms with Gasteiger partial charge in [0.05, 0.1) is 12.8 Å². The van der Waals surface area contributed by atoms with Crippen LogP contribution in [0.5, 0.6) is 5.75 Å². The van der Waals surface area contributed by atoms with Gasteiger partial charge in [-0.1, -0.05) is 40.2 Å². The second-order valence-electron chi connectivity index (χ2n) is 5.65. The summed E-state index contributed by atoms with van der Waals surface area (Å²) in [6.45, 7) is -0.551. The standard InChI is InChI=1S/C20H15BrFNO4/c1-26-18-9-13-5-3-2-4-12(13)8-15(18)20(25)27-11-19(24)23-17-7-6-14(21)10-16(17)22/h2-10H,11H2,1H3,(H,23,24). The maximum atomic E-state index is 13.8. The molecule has 1 amide bonds. The fraction of sp³-hybridized carbons (Fsp3) is 0.100. The van der Waals surface area contributed by atoms with E-state index >= 15 is 0 Å². The summed E-state index contributed by atoms with van der Waals surface area (Å²) in [5.74, 6) is -1.60. The first-order valence-corrected chi connectivity index (χ1v) is 8.76. The number of ether oxygens (including phenoxy) is 2. The van der Waals surface area contributed by atoms with Crippen molar-refractivity contribution in [2.45, 2.75) is 0 Å². The Morgan fingerprint density at radius 2 is 1.78 bits per heavy atom. The zero-order chi connectivity index (χ0) is 19.4. The number of nitrogens with one attached hydrogen (secondary N) is 1. The van der Waals surface area contributed by atoms with Crippen LogP contribution in [0.2, 0.25) is 0 Å². The van der Waals surface area contributed by atoms with Crippen LogP contribution < -0.4 is 10.1 Å². The van der Waals surface area contributed by atoms with Crippen LogP contribution in [0.1, 0.15) is 10.4 Å². The Morgan fingerprint density at radius 3 is 2.44 bits per heavy atom. The predicted octanol–water partition coefficient (Wildman–Crippen LogP) is 4.55. The van der Waals surface area contributed by atoms with E-state index in [4.69, 9.17) is 9.47 Å². The molecule has 0 fully saturated rings. The lowest BCUT2D eigenvalue weighted by Gasteiger charge is -2.11. The molecule has 0 heterocycles. The van der Waals surface area contributed by atoms with Crippen LogP contribution >= 0.6 is 15.9 Å². The zero-order valence-corrected chi connectivity index (χ0v) is 15.9. The van der Waals surface area contributed by atoms with E-state index in [2.05, 4.69) is 21.2 Å². The molecule has 0 saturated carbocycles. The van der Waals surface area contributed by atoms with Crippen LogP contribution in [0, 0.1) is 5.82 Å². The fourth-order valence-corrected chi connectivity index (χ4v) is 2.87. The number of hydrogen-bond acceptors (Lipinski definition) is 4. The Labute approximate surface area is 163 Å². The van der Waals surface area contributed by atoms with Gasteiger partial charge in [-0.15, -0.1) is 0 Å². The Hall–Kier alpha value is -2.93. The summed E-state index contributed by atoms with van der Waals surface area (Å²) >= 11 is 3.13. The molecule has 3 aromatic carbocycles. The molecule has 0 bridgehead atoms. The Kier molecular flexibility index (Phi) is 5.71. The highest BCUT2D eigenvalue weighted by Crippen LogP contribution is 2.26. The zero-order valence-electron chi connectivity index (χ0n) is 14.3. The van der Waals surface area contributed by atoms with Crippen molar-refractivity contribution in [1.29, 1.82) is 0 Å². The first-order chi connectivity index (χ1) is 13.0. The van der Waals surface area contributed by atoms with E-state index in [0.29, 0.717) is 10.2 Å². The molecule has 0 radical (unpaired) electrons. The maximum Gasteiger partial charge on any atom is 0.342 e. The van der Waals surface area contributed by atoms with Gasteiger partial charge in [-0.25, -0.2) is 9.18 Å². The Balaban J connectivity index is 1.70. The summed E-state index contributed by atoms with van der Waals surface area (Å²) in [5.41, 5.74) is 0.210. The summed E-state index contributed by atoms with van der Waals surface area (Å²) in [6, 6.07) is 15.1. The number of fused-ring (bicyclic) bond motifs is 1. The molecule has 3 aromatic rings. The van der Waals surface area contributed by atoms with Crippen molar-refractivity contribution < 1.29 is 23.5 Å². The van der Waals surface area contributed by atoms with Crippen LogP contribution in [0.25, 0.3) is 10.8 Å². The minimum absolute atomic E-state index is 0.00235. The number of hydrogen-bond donors (Lipinski definition) is 1. The number of amides is 1. The number of halogens is 2. The van der Waals surface area contributed by atoms with E-state index in [0.717, 1.165) is 10.8 Å². The van der Waals surface area contributed by atoms with Crippen LogP contribution in [0.15, 0.2) is 59.1 Å². The molecule has 138 valence electrons. The van der Waals surface area contributed by atoms with Gasteiger partial charge in [0.1, 0.15) is 17.1 Å². The average molecular weight is 432 g/mol. The molecule has 0 aliphatic heterocycles. The molecule has 0 saturated heterocycles. The van der Waals surface area contributed by atoms with Crippen molar-refractivity contribution in [2.24, 2.45) is 0 Å². The van der Waals surface area contributed by atoms with Crippen LogP contribution in [-0.2, 0) is 9.53 Å². The van der Waals surface area contributed by atoms with Gasteiger partial charge in [0.25, 0.3) is 5.91 Å². The van der Waals surface area contributed by atoms with E-state index in [-0.39, 0.29) is 11.3 Å². The van der Waals surface area contributed by atoms with Crippen molar-refractivity contribution in [1.82, 2.24) is 0 Å². The van der Waals surface area contributed by atoms with Crippen LogP contribution in [0.3, 0.4) is 0 Å². The molecule has 27 heavy (non-hydrogen) atoms. The van der Waals surface area contributed by atoms with Crippen molar-refractivity contribution in [3.63, 3.8) is 0 Å². The second-order valence-corrected chi connectivity index (χ2v) is 6.56. The third kappa shape index (κ3) is 4.43. The first-order valence-electron chi connectivity index (χ1n) is 7.97. The van der Waals surface area contributed by atoms with Gasteiger partial charge in [-0.3, -0.25) is 4.79 Å². The highest BCUT2D eigenvalue weighted by atomic mass is 79.9. The van der Waals surface area contributed by atoms with Gasteiger partial charge in [-0.05, 0) is 41.1 Å². The molecule has 0 aliphatic rings. The second kappa shape index (κ2) is 8.18. The van der Waals surface area contributed by atoms with Gasteiger partial charge >= 0.3 is 5.97 Å². The molecule has 0 spiro atoms. The van der Waals surface area contributed by atoms with Crippen LogP contribution in [-0.4, -0.2) is 25.6 Å². The maximum absolute atomic E-state index is 13.8. The summed E-state index contributed by atoms with van der Waals surface area (Å²) in [4.78, 5) is 24.3. The quantitative estimate of drug-likeness (QED) is 0.602. The van der Waals surface area contributed by atoms with E-state index in [1.165, 1.54) is 19.2 Å². The number of methoxy groups -OCH3 is 1. The van der Waals surface area contributed by atoms with Crippen molar-refractivity contribution in [2.75, 3.05) is 19.0 Å². The summed E-state index contributed by atoms with van der Waals surface area (Å²) in [5, 5.41) is 4.11. The molecular weight excluding hydrogens is 417 g/mol. The minimum Gasteiger partial charge on any atom is -0.496 e. The molecule has 5 nitrogen and oxygen atoms in total. The third-order valence-electron chi connectivity index (χ3n) is 3.83. The highest BCUT2D eigenvalue weighted by molar-refractivity contribution is 9.10. The summed E-state index contributed by atoms with van der Waals surface area (Å²) in [6.07, 6.45) is 0. The molecule has 0 atom stereocenters. The monoisotopic (exact) mass is 431 g/mol. The average Bonchev–Trinajstić information content (AvgIpc) is 2.67. The van der Waals surface area contributed by atoms with Gasteiger partial charge < -0.3 is 14.8 Å². The molecular formula is C20H15BrFNO4. The largest absolute Gasteiger partial charge is 0.496 e. The van der Waals surface area contributed by atoms with E-state index < -0.39 is 24.3 Å². The molecule has 7 heteroatoms. The lowest BCUT2D eigenvalue weighted by molar-refractivity contribution is -0.119. The van der Waals surface area contributed by atoms with Crippen LogP contribution in [0.4, 0.5) is 10.1 Å². The topological polar surface area (TPSA) is 64.6 Å². The number of anilines is 1. The van der Waals surface area contributed by atoms with Gasteiger partial charge in [-0.2, -0.15) is 0 Å². The van der Waals surface area contributed by atoms with Crippen molar-refractivity contribution in [3.8, 4) is 5.75 Å². The van der Waals surface area contributed by atoms with Gasteiger partial charge in [0, 0.05) is 4.47 Å². The number of carbonyl (C=O) groups is 2. The smallest absolute Gasteiger partial charge is 0.342 e. The fourth-order valence-electron chi connectivity index (χ4n) is 2.53. The molecule has 0 unspecified atom stereocenters. The molecule has 3 rings (SSSR count). The number of benzene rings is 3. The third-order valence-corrected chi connectivity index (χ3v) is 4.32. The SMILES string of the molecule is COc1cc2ccccc2cc1C(=O)OCC(=O)Nc1ccc(Br)cc1F. The molecule has 0 aromatic heterocycles. The normalized spacial score (nSPS) is 10.5. The molecule has 0 aliphatic carbocycles. The highest BCUT2D eigenvalue weighted by Gasteiger charge is 2.17. The van der Waals surface area contributed by atoms with Crippen molar-refractivity contribution >= 4 is 44.3 Å².